The molecule has 0 unspecified atom stereocenters. The van der Waals surface area contributed by atoms with Crippen LogP contribution in [0.3, 0.4) is 0 Å². The Bertz CT molecular complexity index is 747. The number of thioether (sulfide) groups is 1. The van der Waals surface area contributed by atoms with Crippen molar-refractivity contribution in [3.8, 4) is 0 Å². The average molecular weight is 329 g/mol. The molecule has 2 aliphatic rings. The van der Waals surface area contributed by atoms with E-state index < -0.39 is 11.7 Å². The summed E-state index contributed by atoms with van der Waals surface area (Å²) in [5.74, 6) is 0.0208. The number of hydrogen-bond donors (Lipinski definition) is 1. The van der Waals surface area contributed by atoms with Crippen LogP contribution in [0.1, 0.15) is 19.4 Å². The minimum atomic E-state index is -0.828. The second-order valence-corrected chi connectivity index (χ2v) is 6.44. The molecule has 2 amide bonds. The van der Waals surface area contributed by atoms with Crippen molar-refractivity contribution in [3.05, 3.63) is 64.8 Å². The first kappa shape index (κ1) is 15.4. The highest BCUT2D eigenvalue weighted by atomic mass is 32.2. The van der Waals surface area contributed by atoms with Gasteiger partial charge in [0.05, 0.1) is 4.91 Å². The summed E-state index contributed by atoms with van der Waals surface area (Å²) in [6.07, 6.45) is 4.99. The zero-order chi connectivity index (χ0) is 16.4. The highest BCUT2D eigenvalue weighted by Gasteiger charge is 2.29. The molecule has 3 rings (SSSR count). The number of nitrogens with one attached hydrogen (secondary N) is 1. The molecule has 1 aromatic rings. The van der Waals surface area contributed by atoms with E-state index in [1.807, 2.05) is 44.2 Å². The maximum Gasteiger partial charge on any atom is 0.290 e. The molecule has 1 saturated heterocycles. The molecule has 1 aromatic carbocycles. The van der Waals surface area contributed by atoms with Crippen LogP contribution >= 0.6 is 11.8 Å². The van der Waals surface area contributed by atoms with Gasteiger partial charge in [-0.1, -0.05) is 30.3 Å². The highest BCUT2D eigenvalue weighted by Crippen LogP contribution is 2.33. The van der Waals surface area contributed by atoms with E-state index in [-0.39, 0.29) is 5.24 Å². The first-order valence-electron chi connectivity index (χ1n) is 7.03. The van der Waals surface area contributed by atoms with E-state index in [0.29, 0.717) is 16.4 Å². The second kappa shape index (κ2) is 5.96. The van der Waals surface area contributed by atoms with Gasteiger partial charge in [-0.3, -0.25) is 14.9 Å². The monoisotopic (exact) mass is 329 g/mol. The van der Waals surface area contributed by atoms with Gasteiger partial charge in [-0.05, 0) is 23.9 Å². The van der Waals surface area contributed by atoms with Crippen LogP contribution in [0.2, 0.25) is 0 Å². The molecule has 0 bridgehead atoms. The predicted molar refractivity (Wildman–Crippen MR) is 88.0 cm³/mol. The number of amides is 2. The first-order valence-corrected chi connectivity index (χ1v) is 7.85. The summed E-state index contributed by atoms with van der Waals surface area (Å²) in [4.78, 5) is 23.0. The van der Waals surface area contributed by atoms with Crippen LogP contribution in [0.25, 0.3) is 5.76 Å². The van der Waals surface area contributed by atoms with Crippen molar-refractivity contribution in [3.63, 3.8) is 0 Å². The van der Waals surface area contributed by atoms with Crippen LogP contribution in [0, 0.1) is 0 Å². The van der Waals surface area contributed by atoms with Crippen molar-refractivity contribution in [2.45, 2.75) is 19.6 Å². The molecule has 2 aliphatic heterocycles. The maximum absolute atomic E-state index is 11.5. The van der Waals surface area contributed by atoms with Gasteiger partial charge in [0.25, 0.3) is 11.1 Å². The summed E-state index contributed by atoms with van der Waals surface area (Å²) in [5, 5.41) is 1.84. The lowest BCUT2D eigenvalue weighted by Crippen LogP contribution is -2.30. The van der Waals surface area contributed by atoms with Crippen molar-refractivity contribution in [1.29, 1.82) is 0 Å². The topological polar surface area (TPSA) is 64.6 Å². The van der Waals surface area contributed by atoms with E-state index in [1.54, 1.807) is 18.2 Å². The van der Waals surface area contributed by atoms with Gasteiger partial charge in [-0.2, -0.15) is 0 Å². The summed E-state index contributed by atoms with van der Waals surface area (Å²) >= 11 is 0.869. The smallest absolute Gasteiger partial charge is 0.290 e. The molecule has 0 saturated carbocycles. The molecule has 1 fully saturated rings. The van der Waals surface area contributed by atoms with Gasteiger partial charge >= 0.3 is 0 Å². The number of benzene rings is 1. The van der Waals surface area contributed by atoms with Crippen LogP contribution in [0.15, 0.2) is 59.2 Å². The standard InChI is InChI=1S/C17H15NO4S/c1-17(2)21-12(8-9-14-15(19)18-16(20)23-14)10-13(22-17)11-6-4-3-5-7-11/h3-10H,1-2H3,(H,18,19,20). The third-order valence-corrected chi connectivity index (χ3v) is 3.92. The van der Waals surface area contributed by atoms with Crippen LogP contribution in [-0.4, -0.2) is 16.9 Å². The Morgan fingerprint density at radius 2 is 1.83 bits per heavy atom. The van der Waals surface area contributed by atoms with Gasteiger partial charge in [0.2, 0.25) is 5.79 Å². The Kier molecular flexibility index (Phi) is 4.00. The zero-order valence-electron chi connectivity index (χ0n) is 12.7. The number of carbonyl (C=O) groups excluding carboxylic acids is 2. The number of hydrogen-bond acceptors (Lipinski definition) is 5. The Morgan fingerprint density at radius 3 is 2.48 bits per heavy atom. The van der Waals surface area contributed by atoms with Crippen LogP contribution in [0.5, 0.6) is 0 Å². The number of ether oxygens (including phenoxy) is 2. The summed E-state index contributed by atoms with van der Waals surface area (Å²) < 4.78 is 11.6. The molecule has 5 nitrogen and oxygen atoms in total. The Hall–Kier alpha value is -2.47. The summed E-state index contributed by atoms with van der Waals surface area (Å²) in [6, 6.07) is 9.68. The molecule has 23 heavy (non-hydrogen) atoms. The Morgan fingerprint density at radius 1 is 1.09 bits per heavy atom. The number of carbonyl (C=O) groups is 2. The molecular formula is C17H15NO4S. The third-order valence-electron chi connectivity index (χ3n) is 3.09. The largest absolute Gasteiger partial charge is 0.453 e. The number of imide groups is 1. The minimum Gasteiger partial charge on any atom is -0.453 e. The maximum atomic E-state index is 11.5. The van der Waals surface area contributed by atoms with Gasteiger partial charge < -0.3 is 9.47 Å². The van der Waals surface area contributed by atoms with Gasteiger partial charge in [0.1, 0.15) is 11.5 Å². The Labute approximate surface area is 138 Å². The first-order chi connectivity index (χ1) is 10.9. The van der Waals surface area contributed by atoms with Crippen molar-refractivity contribution in [2.75, 3.05) is 0 Å². The van der Waals surface area contributed by atoms with Gasteiger partial charge in [0, 0.05) is 25.5 Å². The van der Waals surface area contributed by atoms with Crippen LogP contribution < -0.4 is 5.32 Å². The van der Waals surface area contributed by atoms with E-state index in [9.17, 15) is 9.59 Å². The SMILES string of the molecule is CC1(C)OC(=CC=C2SC(=O)NC2=O)C=C(c2ccccc2)O1. The Balaban J connectivity index is 1.92. The molecule has 0 aliphatic carbocycles. The van der Waals surface area contributed by atoms with Crippen molar-refractivity contribution < 1.29 is 19.1 Å². The fourth-order valence-electron chi connectivity index (χ4n) is 2.18. The molecule has 0 atom stereocenters. The lowest BCUT2D eigenvalue weighted by atomic mass is 10.1. The van der Waals surface area contributed by atoms with Gasteiger partial charge in [-0.15, -0.1) is 0 Å². The fraction of sp³-hybridized carbons (Fsp3) is 0.176. The number of allylic oxidation sites excluding steroid dienone is 3. The summed E-state index contributed by atoms with van der Waals surface area (Å²) in [6.45, 7) is 3.62. The van der Waals surface area contributed by atoms with Gasteiger partial charge in [-0.25, -0.2) is 0 Å². The van der Waals surface area contributed by atoms with Crippen molar-refractivity contribution >= 4 is 28.7 Å². The zero-order valence-corrected chi connectivity index (χ0v) is 13.5. The molecule has 6 heteroatoms. The van der Waals surface area contributed by atoms with Crippen molar-refractivity contribution in [1.82, 2.24) is 5.32 Å². The molecule has 0 aromatic heterocycles. The molecule has 2 heterocycles. The van der Waals surface area contributed by atoms with Gasteiger partial charge in [0.15, 0.2) is 0 Å². The highest BCUT2D eigenvalue weighted by molar-refractivity contribution is 8.18. The summed E-state index contributed by atoms with van der Waals surface area (Å²) in [7, 11) is 0. The average Bonchev–Trinajstić information content (AvgIpc) is 2.82. The van der Waals surface area contributed by atoms with E-state index in [2.05, 4.69) is 5.32 Å². The molecule has 1 N–H and O–H groups in total. The molecule has 0 spiro atoms. The second-order valence-electron chi connectivity index (χ2n) is 5.42. The van der Waals surface area contributed by atoms with Crippen LogP contribution in [0.4, 0.5) is 4.79 Å². The van der Waals surface area contributed by atoms with E-state index >= 15 is 0 Å². The molecule has 0 radical (unpaired) electrons. The summed E-state index contributed by atoms with van der Waals surface area (Å²) in [5.41, 5.74) is 0.936. The third kappa shape index (κ3) is 3.65. The minimum absolute atomic E-state index is 0.338. The lowest BCUT2D eigenvalue weighted by Gasteiger charge is -2.33. The quantitative estimate of drug-likeness (QED) is 0.841. The predicted octanol–water partition coefficient (Wildman–Crippen LogP) is 3.56. The normalized spacial score (nSPS) is 23.3. The van der Waals surface area contributed by atoms with Crippen molar-refractivity contribution in [2.24, 2.45) is 0 Å². The molecular weight excluding hydrogens is 314 g/mol. The van der Waals surface area contributed by atoms with E-state index in [0.717, 1.165) is 17.3 Å². The van der Waals surface area contributed by atoms with E-state index in [4.69, 9.17) is 9.47 Å². The van der Waals surface area contributed by atoms with Crippen LogP contribution in [-0.2, 0) is 14.3 Å². The van der Waals surface area contributed by atoms with E-state index in [1.165, 1.54) is 0 Å². The lowest BCUT2D eigenvalue weighted by molar-refractivity contribution is -0.149. The fourth-order valence-corrected chi connectivity index (χ4v) is 2.80. The number of rotatable bonds is 2. The molecule has 118 valence electrons.